The van der Waals surface area contributed by atoms with Crippen molar-refractivity contribution >= 4 is 29.3 Å². The number of rotatable bonds is 5. The molecule has 0 atom stereocenters. The molecule has 0 saturated heterocycles. The Labute approximate surface area is 130 Å². The number of hydrogen-bond acceptors (Lipinski definition) is 6. The van der Waals surface area contributed by atoms with Crippen molar-refractivity contribution in [3.05, 3.63) is 34.9 Å². The quantitative estimate of drug-likeness (QED) is 0.849. The molecule has 2 rings (SSSR count). The van der Waals surface area contributed by atoms with E-state index in [1.807, 2.05) is 0 Å². The van der Waals surface area contributed by atoms with E-state index in [4.69, 9.17) is 26.8 Å². The molecule has 0 radical (unpaired) electrons. The van der Waals surface area contributed by atoms with Gasteiger partial charge in [-0.2, -0.15) is 9.97 Å². The minimum atomic E-state index is -0.613. The van der Waals surface area contributed by atoms with E-state index in [9.17, 15) is 4.79 Å². The van der Waals surface area contributed by atoms with E-state index < -0.39 is 5.91 Å². The van der Waals surface area contributed by atoms with Crippen molar-refractivity contribution in [1.82, 2.24) is 9.97 Å². The van der Waals surface area contributed by atoms with Crippen LogP contribution in [0.4, 0.5) is 0 Å². The number of hydrogen-bond donors (Lipinski definition) is 1. The number of methoxy groups -OCH3 is 2. The molecule has 1 aromatic carbocycles. The van der Waals surface area contributed by atoms with Crippen molar-refractivity contribution < 1.29 is 14.3 Å². The molecule has 0 saturated carbocycles. The monoisotopic (exact) mass is 325 g/mol. The molecule has 21 heavy (non-hydrogen) atoms. The second-order valence-electron chi connectivity index (χ2n) is 3.81. The van der Waals surface area contributed by atoms with Gasteiger partial charge in [-0.1, -0.05) is 17.7 Å². The van der Waals surface area contributed by atoms with Crippen molar-refractivity contribution in [2.24, 2.45) is 5.73 Å². The number of carbonyl (C=O) groups is 1. The maximum Gasteiger partial charge on any atom is 0.251 e. The molecule has 0 spiro atoms. The summed E-state index contributed by atoms with van der Waals surface area (Å²) in [5.41, 5.74) is 5.59. The predicted molar refractivity (Wildman–Crippen MR) is 79.2 cm³/mol. The zero-order valence-corrected chi connectivity index (χ0v) is 12.9. The Bertz CT molecular complexity index is 659. The highest BCUT2D eigenvalue weighted by molar-refractivity contribution is 7.99. The average molecular weight is 326 g/mol. The topological polar surface area (TPSA) is 87.3 Å². The Hall–Kier alpha value is -1.99. The van der Waals surface area contributed by atoms with Gasteiger partial charge in [-0.3, -0.25) is 4.79 Å². The highest BCUT2D eigenvalue weighted by Gasteiger charge is 2.15. The number of benzene rings is 1. The van der Waals surface area contributed by atoms with Crippen LogP contribution in [0.15, 0.2) is 34.3 Å². The Morgan fingerprint density at radius 2 is 1.86 bits per heavy atom. The lowest BCUT2D eigenvalue weighted by Crippen LogP contribution is -2.13. The lowest BCUT2D eigenvalue weighted by atomic mass is 10.2. The van der Waals surface area contributed by atoms with E-state index in [-0.39, 0.29) is 10.6 Å². The molecule has 0 bridgehead atoms. The minimum absolute atomic E-state index is 0.231. The molecule has 2 aromatic rings. The van der Waals surface area contributed by atoms with E-state index in [1.54, 1.807) is 24.3 Å². The van der Waals surface area contributed by atoms with Gasteiger partial charge >= 0.3 is 0 Å². The van der Waals surface area contributed by atoms with Crippen molar-refractivity contribution in [3.8, 4) is 11.8 Å². The number of amides is 1. The van der Waals surface area contributed by atoms with Crippen LogP contribution in [0.1, 0.15) is 10.4 Å². The number of aromatic nitrogens is 2. The molecule has 0 unspecified atom stereocenters. The molecule has 0 aliphatic heterocycles. The number of halogens is 1. The van der Waals surface area contributed by atoms with Crippen molar-refractivity contribution in [2.75, 3.05) is 14.2 Å². The summed E-state index contributed by atoms with van der Waals surface area (Å²) in [7, 11) is 2.98. The van der Waals surface area contributed by atoms with Crippen LogP contribution in [-0.2, 0) is 0 Å². The smallest absolute Gasteiger partial charge is 0.251 e. The number of ether oxygens (including phenoxy) is 2. The Kier molecular flexibility index (Phi) is 4.87. The van der Waals surface area contributed by atoms with E-state index in [1.165, 1.54) is 14.2 Å². The van der Waals surface area contributed by atoms with Crippen LogP contribution in [0.25, 0.3) is 0 Å². The van der Waals surface area contributed by atoms with Crippen LogP contribution in [0.5, 0.6) is 11.8 Å². The van der Waals surface area contributed by atoms with Gasteiger partial charge in [0.25, 0.3) is 5.91 Å². The van der Waals surface area contributed by atoms with Gasteiger partial charge in [-0.15, -0.1) is 0 Å². The summed E-state index contributed by atoms with van der Waals surface area (Å²) in [6.07, 6.45) is 0. The first-order valence-corrected chi connectivity index (χ1v) is 6.98. The highest BCUT2D eigenvalue weighted by Crippen LogP contribution is 2.33. The fourth-order valence-electron chi connectivity index (χ4n) is 1.57. The second-order valence-corrected chi connectivity index (χ2v) is 5.23. The summed E-state index contributed by atoms with van der Waals surface area (Å²) < 4.78 is 10.1. The third kappa shape index (κ3) is 3.56. The average Bonchev–Trinajstić information content (AvgIpc) is 2.46. The van der Waals surface area contributed by atoms with Gasteiger partial charge in [0.1, 0.15) is 0 Å². The zero-order valence-electron chi connectivity index (χ0n) is 11.3. The van der Waals surface area contributed by atoms with Crippen LogP contribution in [-0.4, -0.2) is 30.1 Å². The first-order valence-electron chi connectivity index (χ1n) is 5.78. The first kappa shape index (κ1) is 15.4. The zero-order chi connectivity index (χ0) is 15.4. The molecule has 1 heterocycles. The van der Waals surface area contributed by atoms with Crippen molar-refractivity contribution in [2.45, 2.75) is 10.1 Å². The van der Waals surface area contributed by atoms with Gasteiger partial charge in [-0.25, -0.2) is 0 Å². The lowest BCUT2D eigenvalue weighted by molar-refractivity contribution is 0.0997. The summed E-state index contributed by atoms with van der Waals surface area (Å²) in [6, 6.07) is 6.58. The number of nitrogens with zero attached hydrogens (tertiary/aromatic N) is 2. The van der Waals surface area contributed by atoms with Gasteiger partial charge < -0.3 is 15.2 Å². The lowest BCUT2D eigenvalue weighted by Gasteiger charge is -2.09. The van der Waals surface area contributed by atoms with Gasteiger partial charge in [0.05, 0.1) is 30.9 Å². The molecule has 6 nitrogen and oxygen atoms in total. The molecule has 1 amide bonds. The van der Waals surface area contributed by atoms with Gasteiger partial charge in [0, 0.05) is 4.90 Å². The standard InChI is InChI=1S/C13H12ClN3O3S/c1-19-9-6-10(20-2)17-13(16-9)21-8-5-3-4-7(14)11(8)12(15)18/h3-6H,1-2H3,(H2,15,18). The minimum Gasteiger partial charge on any atom is -0.481 e. The normalized spacial score (nSPS) is 10.2. The summed E-state index contributed by atoms with van der Waals surface area (Å²) in [6.45, 7) is 0. The molecular formula is C13H12ClN3O3S. The number of carbonyl (C=O) groups excluding carboxylic acids is 1. The maximum absolute atomic E-state index is 11.5. The molecule has 8 heteroatoms. The summed E-state index contributed by atoms with van der Waals surface area (Å²) in [5, 5.41) is 0.637. The fourth-order valence-corrected chi connectivity index (χ4v) is 2.82. The van der Waals surface area contributed by atoms with Gasteiger partial charge in [-0.05, 0) is 23.9 Å². The molecule has 0 aliphatic carbocycles. The van der Waals surface area contributed by atoms with E-state index in [0.717, 1.165) is 11.8 Å². The molecule has 0 fully saturated rings. The number of nitrogens with two attached hydrogens (primary N) is 1. The largest absolute Gasteiger partial charge is 0.481 e. The Balaban J connectivity index is 2.43. The summed E-state index contributed by atoms with van der Waals surface area (Å²) in [5.74, 6) is 0.0944. The third-order valence-corrected chi connectivity index (χ3v) is 3.74. The van der Waals surface area contributed by atoms with Gasteiger partial charge in [0.15, 0.2) is 5.16 Å². The Morgan fingerprint density at radius 3 is 2.38 bits per heavy atom. The fraction of sp³-hybridized carbons (Fsp3) is 0.154. The summed E-state index contributed by atoms with van der Waals surface area (Å²) >= 11 is 7.15. The Morgan fingerprint density at radius 1 is 1.24 bits per heavy atom. The van der Waals surface area contributed by atoms with Crippen LogP contribution >= 0.6 is 23.4 Å². The molecule has 1 aromatic heterocycles. The number of primary amides is 1. The SMILES string of the molecule is COc1cc(OC)nc(Sc2cccc(Cl)c2C(N)=O)n1. The maximum atomic E-state index is 11.5. The molecule has 2 N–H and O–H groups in total. The van der Waals surface area contributed by atoms with E-state index >= 15 is 0 Å². The second kappa shape index (κ2) is 6.64. The van der Waals surface area contributed by atoms with Gasteiger partial charge in [0.2, 0.25) is 11.8 Å². The van der Waals surface area contributed by atoms with Crippen LogP contribution < -0.4 is 15.2 Å². The molecule has 0 aliphatic rings. The third-order valence-electron chi connectivity index (χ3n) is 2.50. The van der Waals surface area contributed by atoms with Crippen molar-refractivity contribution in [3.63, 3.8) is 0 Å². The molecular weight excluding hydrogens is 314 g/mol. The van der Waals surface area contributed by atoms with E-state index in [2.05, 4.69) is 9.97 Å². The molecule has 110 valence electrons. The van der Waals surface area contributed by atoms with E-state index in [0.29, 0.717) is 21.8 Å². The highest BCUT2D eigenvalue weighted by atomic mass is 35.5. The van der Waals surface area contributed by atoms with Crippen LogP contribution in [0.3, 0.4) is 0 Å². The van der Waals surface area contributed by atoms with Crippen molar-refractivity contribution in [1.29, 1.82) is 0 Å². The van der Waals surface area contributed by atoms with Crippen LogP contribution in [0, 0.1) is 0 Å². The predicted octanol–water partition coefficient (Wildman–Crippen LogP) is 2.40. The van der Waals surface area contributed by atoms with Crippen LogP contribution in [0.2, 0.25) is 5.02 Å². The first-order chi connectivity index (χ1) is 10.0. The summed E-state index contributed by atoms with van der Waals surface area (Å²) in [4.78, 5) is 20.4.